The van der Waals surface area contributed by atoms with E-state index < -0.39 is 77.8 Å². The average Bonchev–Trinajstić information content (AvgIpc) is 3.43. The molecule has 0 spiro atoms. The predicted octanol–water partition coefficient (Wildman–Crippen LogP) is 7.21. The number of nitriles is 1. The number of carboxylic acid groups (broad SMARTS) is 4. The van der Waals surface area contributed by atoms with Crippen LogP contribution in [-0.2, 0) is 50.3 Å². The number of aryl methyl sites for hydroxylation is 4. The van der Waals surface area contributed by atoms with E-state index in [1.165, 1.54) is 60.7 Å². The van der Waals surface area contributed by atoms with Crippen LogP contribution in [-0.4, -0.2) is 128 Å². The molecule has 0 unspecified atom stereocenters. The minimum absolute atomic E-state index is 0.0332. The van der Waals surface area contributed by atoms with E-state index in [0.29, 0.717) is 35.1 Å². The number of aliphatic hydroxyl groups is 2. The van der Waals surface area contributed by atoms with Crippen LogP contribution in [0.25, 0.3) is 0 Å². The van der Waals surface area contributed by atoms with Crippen molar-refractivity contribution in [2.75, 3.05) is 20.6 Å². The maximum Gasteiger partial charge on any atom is 0.349 e. The third kappa shape index (κ3) is 18.8. The fourth-order valence-electron chi connectivity index (χ4n) is 7.47. The Balaban J connectivity index is 0.000000262. The van der Waals surface area contributed by atoms with Crippen LogP contribution in [0.1, 0.15) is 98.8 Å². The monoisotopic (exact) mass is 1110 g/mol. The molecule has 6 N–H and O–H groups in total. The van der Waals surface area contributed by atoms with Crippen molar-refractivity contribution in [1.82, 2.24) is 4.90 Å². The minimum Gasteiger partial charge on any atom is -0.478 e. The molecule has 0 bridgehead atoms. The number of ether oxygens (including phenoxy) is 4. The maximum absolute atomic E-state index is 13.3. The quantitative estimate of drug-likeness (QED) is 0.0306. The van der Waals surface area contributed by atoms with E-state index in [-0.39, 0.29) is 34.7 Å². The number of rotatable bonds is 21. The molecule has 424 valence electrons. The van der Waals surface area contributed by atoms with E-state index in [2.05, 4.69) is 0 Å². The first kappa shape index (κ1) is 63.9. The van der Waals surface area contributed by atoms with Crippen molar-refractivity contribution in [3.05, 3.63) is 212 Å². The molecule has 0 radical (unpaired) electrons. The van der Waals surface area contributed by atoms with Gasteiger partial charge >= 0.3 is 47.8 Å². The zero-order valence-electron chi connectivity index (χ0n) is 44.8. The van der Waals surface area contributed by atoms with E-state index in [9.17, 15) is 73.4 Å². The summed E-state index contributed by atoms with van der Waals surface area (Å²) in [6, 6.07) is 36.8. The number of esters is 4. The van der Waals surface area contributed by atoms with Gasteiger partial charge in [0.15, 0.2) is 0 Å². The van der Waals surface area contributed by atoms with Gasteiger partial charge in [-0.1, -0.05) is 89.0 Å². The molecule has 0 saturated heterocycles. The van der Waals surface area contributed by atoms with Crippen molar-refractivity contribution in [3.63, 3.8) is 0 Å². The molecule has 0 fully saturated rings. The van der Waals surface area contributed by atoms with Crippen LogP contribution in [0.5, 0.6) is 0 Å². The SMILES string of the molecule is CN(C)CCC[C@](O)(c1ccc(F)cc1)c1ccc(C#N)cc1CO.Cc1ccc(C(=O)O[C@@H](C(=O)O)[C@@H](OC(=O)c2ccc(C)cc2)C(=O)O)cc1.Cc1ccc(C(=O)O[C@@H](C(=O)O)[C@@H](OC(=O)c2ccc(C)cc2)C(=O)O)cc1. The van der Waals surface area contributed by atoms with Gasteiger partial charge in [-0.05, 0) is 151 Å². The zero-order valence-corrected chi connectivity index (χ0v) is 44.8. The summed E-state index contributed by atoms with van der Waals surface area (Å²) in [5.41, 5.74) is 4.24. The number of carbonyl (C=O) groups excluding carboxylic acids is 4. The van der Waals surface area contributed by atoms with Gasteiger partial charge in [-0.2, -0.15) is 5.26 Å². The smallest absolute Gasteiger partial charge is 0.349 e. The van der Waals surface area contributed by atoms with Crippen LogP contribution in [0.15, 0.2) is 140 Å². The van der Waals surface area contributed by atoms with Crippen LogP contribution in [0, 0.1) is 44.8 Å². The highest BCUT2D eigenvalue weighted by Crippen LogP contribution is 2.37. The second-order valence-electron chi connectivity index (χ2n) is 18.5. The lowest BCUT2D eigenvalue weighted by Crippen LogP contribution is -2.45. The number of aliphatic hydroxyl groups excluding tert-OH is 1. The van der Waals surface area contributed by atoms with E-state index in [1.807, 2.05) is 25.1 Å². The summed E-state index contributed by atoms with van der Waals surface area (Å²) in [5, 5.41) is 67.6. The molecule has 0 aliphatic rings. The van der Waals surface area contributed by atoms with E-state index in [4.69, 9.17) is 24.2 Å². The zero-order chi connectivity index (χ0) is 60.1. The normalized spacial score (nSPS) is 12.8. The molecule has 0 saturated carbocycles. The molecule has 0 aromatic heterocycles. The average molecular weight is 1120 g/mol. The van der Waals surface area contributed by atoms with Gasteiger partial charge in [0.1, 0.15) is 11.4 Å². The fourth-order valence-corrected chi connectivity index (χ4v) is 7.47. The van der Waals surface area contributed by atoms with Gasteiger partial charge in [0.05, 0.1) is 40.5 Å². The number of aliphatic carboxylic acids is 4. The molecule has 6 aromatic carbocycles. The van der Waals surface area contributed by atoms with E-state index >= 15 is 0 Å². The number of hydrogen-bond donors (Lipinski definition) is 6. The second kappa shape index (κ2) is 29.9. The van der Waals surface area contributed by atoms with E-state index in [1.54, 1.807) is 107 Å². The number of hydrogen-bond acceptors (Lipinski definition) is 16. The standard InChI is InChI=1S/C20H23FN2O2.2C20H18O8/c1-23(2)11-3-10-20(25,17-5-7-18(21)8-6-17)19-9-4-15(13-22)12-16(19)14-24;2*1-11-3-7-13(8-4-11)19(25)27-15(17(21)22)16(18(23)24)28-20(26)14-9-5-12(2)6-10-14/h4-9,12,24-25H,3,10-11,14H2,1-2H3;2*3-10,15-16H,1-2H3,(H,21,22)(H,23,24)/t20-;2*15-,16-/m011/s1. The summed E-state index contributed by atoms with van der Waals surface area (Å²) in [7, 11) is 3.91. The molecule has 0 aliphatic heterocycles. The van der Waals surface area contributed by atoms with Gasteiger partial charge in [-0.25, -0.2) is 42.7 Å². The van der Waals surface area contributed by atoms with Crippen molar-refractivity contribution in [2.45, 2.75) is 77.2 Å². The van der Waals surface area contributed by atoms with Crippen LogP contribution in [0.2, 0.25) is 0 Å². The first-order chi connectivity index (χ1) is 38.3. The number of carboxylic acids is 4. The van der Waals surface area contributed by atoms with Gasteiger partial charge in [0.2, 0.25) is 24.4 Å². The summed E-state index contributed by atoms with van der Waals surface area (Å²) in [6.45, 7) is 7.66. The molecule has 0 heterocycles. The van der Waals surface area contributed by atoms with Crippen molar-refractivity contribution in [2.24, 2.45) is 0 Å². The predicted molar refractivity (Wildman–Crippen MR) is 286 cm³/mol. The van der Waals surface area contributed by atoms with Crippen LogP contribution in [0.3, 0.4) is 0 Å². The van der Waals surface area contributed by atoms with Crippen molar-refractivity contribution in [1.29, 1.82) is 5.26 Å². The Labute approximate surface area is 464 Å². The highest BCUT2D eigenvalue weighted by molar-refractivity contribution is 5.96. The summed E-state index contributed by atoms with van der Waals surface area (Å²) in [6.07, 6.45) is -7.76. The molecule has 5 atom stereocenters. The van der Waals surface area contributed by atoms with Gasteiger partial charge < -0.3 is 54.5 Å². The lowest BCUT2D eigenvalue weighted by Gasteiger charge is -2.32. The van der Waals surface area contributed by atoms with Gasteiger partial charge in [0.25, 0.3) is 0 Å². The largest absolute Gasteiger partial charge is 0.478 e. The van der Waals surface area contributed by atoms with Crippen LogP contribution >= 0.6 is 0 Å². The molecule has 21 heteroatoms. The molecule has 6 aromatic rings. The van der Waals surface area contributed by atoms with E-state index in [0.717, 1.165) is 28.8 Å². The molecule has 20 nitrogen and oxygen atoms in total. The summed E-state index contributed by atoms with van der Waals surface area (Å²) >= 11 is 0. The molecule has 0 aliphatic carbocycles. The molecular weight excluding hydrogens is 1060 g/mol. The Morgan fingerprint density at radius 2 is 0.827 bits per heavy atom. The summed E-state index contributed by atoms with van der Waals surface area (Å²) in [4.78, 5) is 96.7. The van der Waals surface area contributed by atoms with Crippen molar-refractivity contribution >= 4 is 47.8 Å². The van der Waals surface area contributed by atoms with Crippen LogP contribution < -0.4 is 0 Å². The Morgan fingerprint density at radius 1 is 0.519 bits per heavy atom. The Morgan fingerprint density at radius 3 is 1.09 bits per heavy atom. The lowest BCUT2D eigenvalue weighted by atomic mass is 9.80. The van der Waals surface area contributed by atoms with Gasteiger partial charge in [0, 0.05) is 0 Å². The van der Waals surface area contributed by atoms with Gasteiger partial charge in [-0.3, -0.25) is 0 Å². The number of nitrogens with zero attached hydrogens (tertiary/aromatic N) is 2. The number of carbonyl (C=O) groups is 8. The fraction of sp³-hybridized carbons (Fsp3) is 0.250. The third-order valence-electron chi connectivity index (χ3n) is 11.9. The Bertz CT molecular complexity index is 2910. The summed E-state index contributed by atoms with van der Waals surface area (Å²) < 4.78 is 32.6. The first-order valence-corrected chi connectivity index (χ1v) is 24.6. The van der Waals surface area contributed by atoms with Crippen LogP contribution in [0.4, 0.5) is 4.39 Å². The number of halogens is 1. The maximum atomic E-state index is 13.3. The molecule has 0 amide bonds. The van der Waals surface area contributed by atoms with Gasteiger partial charge in [-0.15, -0.1) is 0 Å². The third-order valence-corrected chi connectivity index (χ3v) is 11.9. The molecular formula is C60H59FN2O18. The minimum atomic E-state index is -2.22. The number of benzene rings is 6. The Hall–Kier alpha value is -9.62. The van der Waals surface area contributed by atoms with Crippen molar-refractivity contribution in [3.8, 4) is 6.07 Å². The summed E-state index contributed by atoms with van der Waals surface area (Å²) in [5.74, 6) is -11.6. The Kier molecular flexibility index (Phi) is 23.6. The highest BCUT2D eigenvalue weighted by Gasteiger charge is 2.42. The van der Waals surface area contributed by atoms with Crippen molar-refractivity contribution < 1.29 is 92.3 Å². The molecule has 6 rings (SSSR count). The lowest BCUT2D eigenvalue weighted by molar-refractivity contribution is -0.166. The molecule has 81 heavy (non-hydrogen) atoms. The first-order valence-electron chi connectivity index (χ1n) is 24.6. The topological polar surface area (TPSA) is 322 Å². The highest BCUT2D eigenvalue weighted by atomic mass is 19.1. The second-order valence-corrected chi connectivity index (χ2v) is 18.5.